The number of halogens is 1. The van der Waals surface area contributed by atoms with Crippen LogP contribution in [-0.4, -0.2) is 30.8 Å². The van der Waals surface area contributed by atoms with Gasteiger partial charge in [-0.1, -0.05) is 0 Å². The Bertz CT molecular complexity index is 468. The van der Waals surface area contributed by atoms with E-state index in [4.69, 9.17) is 11.6 Å². The molecule has 2 amide bonds. The van der Waals surface area contributed by atoms with E-state index in [-0.39, 0.29) is 23.1 Å². The summed E-state index contributed by atoms with van der Waals surface area (Å²) >= 11 is 5.79. The molecule has 136 valence electrons. The van der Waals surface area contributed by atoms with Gasteiger partial charge in [0.15, 0.2) is 0 Å². The lowest BCUT2D eigenvalue weighted by Crippen LogP contribution is -2.48. The summed E-state index contributed by atoms with van der Waals surface area (Å²) in [7, 11) is 0. The zero-order valence-corrected chi connectivity index (χ0v) is 15.8. The number of hydrogen-bond donors (Lipinski definition) is 2. The Hall–Kier alpha value is -0.770. The van der Waals surface area contributed by atoms with Gasteiger partial charge in [-0.2, -0.15) is 0 Å². The summed E-state index contributed by atoms with van der Waals surface area (Å²) in [5.74, 6) is 3.01. The molecule has 0 saturated heterocycles. The first-order chi connectivity index (χ1) is 11.3. The van der Waals surface area contributed by atoms with Crippen LogP contribution in [0, 0.1) is 28.6 Å². The van der Waals surface area contributed by atoms with Crippen molar-refractivity contribution in [1.29, 1.82) is 0 Å². The molecule has 0 aromatic rings. The fourth-order valence-corrected chi connectivity index (χ4v) is 5.71. The lowest BCUT2D eigenvalue weighted by molar-refractivity contribution is -0.130. The van der Waals surface area contributed by atoms with E-state index < -0.39 is 5.41 Å². The Kier molecular flexibility index (Phi) is 5.15. The summed E-state index contributed by atoms with van der Waals surface area (Å²) < 4.78 is 0. The van der Waals surface area contributed by atoms with E-state index in [2.05, 4.69) is 10.6 Å². The standard InChI is InChI=1S/C19H31ClN2O2/c1-18(2,12-20)17(24)22-4-3-21-16(23)11-19-8-13-5-14(9-19)7-15(6-13)10-19/h13-15H,3-12H2,1-2H3,(H,21,23)(H,22,24). The Balaban J connectivity index is 1.40. The number of carbonyl (C=O) groups is 2. The van der Waals surface area contributed by atoms with Gasteiger partial charge < -0.3 is 10.6 Å². The van der Waals surface area contributed by atoms with E-state index in [9.17, 15) is 9.59 Å². The monoisotopic (exact) mass is 354 g/mol. The van der Waals surface area contributed by atoms with Gasteiger partial charge in [0.05, 0.1) is 5.41 Å². The summed E-state index contributed by atoms with van der Waals surface area (Å²) in [5, 5.41) is 5.85. The molecule has 4 saturated carbocycles. The second-order valence-electron chi connectivity index (χ2n) is 9.22. The quantitative estimate of drug-likeness (QED) is 0.545. The molecule has 4 nitrogen and oxygen atoms in total. The zero-order valence-electron chi connectivity index (χ0n) is 15.0. The molecule has 4 rings (SSSR count). The van der Waals surface area contributed by atoms with Crippen LogP contribution >= 0.6 is 11.6 Å². The Labute approximate surface area is 150 Å². The molecule has 4 aliphatic carbocycles. The van der Waals surface area contributed by atoms with Gasteiger partial charge in [-0.3, -0.25) is 9.59 Å². The van der Waals surface area contributed by atoms with E-state index in [0.717, 1.165) is 17.8 Å². The molecule has 0 aliphatic heterocycles. The minimum atomic E-state index is -0.565. The molecule has 4 fully saturated rings. The average molecular weight is 355 g/mol. The maximum absolute atomic E-state index is 12.4. The van der Waals surface area contributed by atoms with Crippen LogP contribution in [-0.2, 0) is 9.59 Å². The van der Waals surface area contributed by atoms with Crippen LogP contribution in [0.2, 0.25) is 0 Å². The average Bonchev–Trinajstić information content (AvgIpc) is 2.49. The Morgan fingerprint density at radius 2 is 1.50 bits per heavy atom. The number of alkyl halides is 1. The van der Waals surface area contributed by atoms with Crippen molar-refractivity contribution in [3.8, 4) is 0 Å². The van der Waals surface area contributed by atoms with E-state index in [0.29, 0.717) is 19.5 Å². The first-order valence-electron chi connectivity index (χ1n) is 9.43. The number of nitrogens with one attached hydrogen (secondary N) is 2. The Morgan fingerprint density at radius 3 is 2.00 bits per heavy atom. The van der Waals surface area contributed by atoms with E-state index in [1.807, 2.05) is 13.8 Å². The molecule has 24 heavy (non-hydrogen) atoms. The van der Waals surface area contributed by atoms with Crippen LogP contribution in [0.4, 0.5) is 0 Å². The molecule has 0 heterocycles. The van der Waals surface area contributed by atoms with Crippen molar-refractivity contribution in [2.45, 2.75) is 58.8 Å². The van der Waals surface area contributed by atoms with Crippen molar-refractivity contribution in [1.82, 2.24) is 10.6 Å². The van der Waals surface area contributed by atoms with Gasteiger partial charge >= 0.3 is 0 Å². The lowest BCUT2D eigenvalue weighted by atomic mass is 9.49. The number of carbonyl (C=O) groups excluding carboxylic acids is 2. The first kappa shape index (κ1) is 18.0. The molecule has 2 N–H and O–H groups in total. The van der Waals surface area contributed by atoms with Crippen LogP contribution < -0.4 is 10.6 Å². The summed E-state index contributed by atoms with van der Waals surface area (Å²) in [5.41, 5.74) is -0.284. The molecule has 0 aromatic carbocycles. The van der Waals surface area contributed by atoms with Gasteiger partial charge in [0.25, 0.3) is 0 Å². The third-order valence-corrected chi connectivity index (χ3v) is 7.05. The molecule has 4 bridgehead atoms. The molecule has 4 aliphatic rings. The summed E-state index contributed by atoms with van der Waals surface area (Å²) in [6, 6.07) is 0. The minimum Gasteiger partial charge on any atom is -0.354 e. The number of rotatable bonds is 7. The molecule has 0 atom stereocenters. The van der Waals surface area contributed by atoms with Crippen LogP contribution in [0.3, 0.4) is 0 Å². The maximum atomic E-state index is 12.4. The van der Waals surface area contributed by atoms with Crippen molar-refractivity contribution < 1.29 is 9.59 Å². The third kappa shape index (κ3) is 3.89. The SMILES string of the molecule is CC(C)(CCl)C(=O)NCCNC(=O)CC12CC3CC(CC(C3)C1)C2. The number of amides is 2. The normalized spacial score (nSPS) is 34.2. The van der Waals surface area contributed by atoms with Crippen molar-refractivity contribution >= 4 is 23.4 Å². The van der Waals surface area contributed by atoms with Gasteiger partial charge in [-0.25, -0.2) is 0 Å². The summed E-state index contributed by atoms with van der Waals surface area (Å²) in [6.45, 7) is 4.60. The summed E-state index contributed by atoms with van der Waals surface area (Å²) in [6.07, 6.45) is 8.67. The minimum absolute atomic E-state index is 0.0622. The lowest BCUT2D eigenvalue weighted by Gasteiger charge is -2.56. The molecule has 0 aromatic heterocycles. The van der Waals surface area contributed by atoms with E-state index in [1.54, 1.807) is 0 Å². The van der Waals surface area contributed by atoms with Crippen LogP contribution in [0.5, 0.6) is 0 Å². The van der Waals surface area contributed by atoms with Crippen LogP contribution in [0.1, 0.15) is 58.8 Å². The van der Waals surface area contributed by atoms with Crippen LogP contribution in [0.25, 0.3) is 0 Å². The largest absolute Gasteiger partial charge is 0.354 e. The fourth-order valence-electron chi connectivity index (χ4n) is 5.59. The molecular weight excluding hydrogens is 324 g/mol. The Morgan fingerprint density at radius 1 is 1.00 bits per heavy atom. The predicted octanol–water partition coefficient (Wildman–Crippen LogP) is 3.09. The second-order valence-corrected chi connectivity index (χ2v) is 9.48. The van der Waals surface area contributed by atoms with Crippen molar-refractivity contribution in [2.24, 2.45) is 28.6 Å². The fraction of sp³-hybridized carbons (Fsp3) is 0.895. The van der Waals surface area contributed by atoms with Gasteiger partial charge in [-0.15, -0.1) is 11.6 Å². The second kappa shape index (κ2) is 6.86. The highest BCUT2D eigenvalue weighted by molar-refractivity contribution is 6.19. The highest BCUT2D eigenvalue weighted by Gasteiger charge is 2.51. The van der Waals surface area contributed by atoms with Gasteiger partial charge in [0.2, 0.25) is 11.8 Å². The van der Waals surface area contributed by atoms with Crippen molar-refractivity contribution in [2.75, 3.05) is 19.0 Å². The molecule has 5 heteroatoms. The van der Waals surface area contributed by atoms with Gasteiger partial charge in [0, 0.05) is 25.4 Å². The molecule has 0 unspecified atom stereocenters. The molecule has 0 radical (unpaired) electrons. The van der Waals surface area contributed by atoms with Crippen molar-refractivity contribution in [3.63, 3.8) is 0 Å². The maximum Gasteiger partial charge on any atom is 0.226 e. The van der Waals surface area contributed by atoms with E-state index in [1.165, 1.54) is 38.5 Å². The van der Waals surface area contributed by atoms with Crippen molar-refractivity contribution in [3.05, 3.63) is 0 Å². The predicted molar refractivity (Wildman–Crippen MR) is 95.7 cm³/mol. The van der Waals surface area contributed by atoms with Gasteiger partial charge in [-0.05, 0) is 75.5 Å². The first-order valence-corrected chi connectivity index (χ1v) is 9.96. The highest BCUT2D eigenvalue weighted by atomic mass is 35.5. The topological polar surface area (TPSA) is 58.2 Å². The third-order valence-electron chi connectivity index (χ3n) is 6.38. The zero-order chi connectivity index (χ0) is 17.4. The van der Waals surface area contributed by atoms with E-state index >= 15 is 0 Å². The molecular formula is C19H31ClN2O2. The summed E-state index contributed by atoms with van der Waals surface area (Å²) in [4.78, 5) is 24.3. The highest BCUT2D eigenvalue weighted by Crippen LogP contribution is 2.61. The smallest absolute Gasteiger partial charge is 0.226 e. The number of hydrogen-bond acceptors (Lipinski definition) is 2. The van der Waals surface area contributed by atoms with Gasteiger partial charge in [0.1, 0.15) is 0 Å². The molecule has 0 spiro atoms. The van der Waals surface area contributed by atoms with Crippen LogP contribution in [0.15, 0.2) is 0 Å².